The summed E-state index contributed by atoms with van der Waals surface area (Å²) in [4.78, 5) is 23.5. The highest BCUT2D eigenvalue weighted by atomic mass is 32.2. The van der Waals surface area contributed by atoms with Gasteiger partial charge in [-0.3, -0.25) is 4.79 Å². The number of para-hydroxylation sites is 2. The van der Waals surface area contributed by atoms with Gasteiger partial charge in [0.05, 0.1) is 22.5 Å². The molecule has 0 radical (unpaired) electrons. The number of rotatable bonds is 3. The number of amides is 1. The summed E-state index contributed by atoms with van der Waals surface area (Å²) in [6.45, 7) is 5.95. The number of aromatic nitrogens is 2. The van der Waals surface area contributed by atoms with Gasteiger partial charge in [-0.25, -0.2) is 9.97 Å². The summed E-state index contributed by atoms with van der Waals surface area (Å²) in [6.07, 6.45) is 2.35. The molecule has 1 aromatic heterocycles. The SMILES string of the molecule is Cc1nc2ccccc2nc1SCC(=O)N1CCC[C@H](C)C1. The van der Waals surface area contributed by atoms with Crippen LogP contribution in [0.1, 0.15) is 25.5 Å². The van der Waals surface area contributed by atoms with Crippen molar-refractivity contribution < 1.29 is 4.79 Å². The molecule has 0 bridgehead atoms. The van der Waals surface area contributed by atoms with E-state index in [9.17, 15) is 4.79 Å². The molecule has 1 amide bonds. The third kappa shape index (κ3) is 3.40. The van der Waals surface area contributed by atoms with E-state index in [1.54, 1.807) is 0 Å². The largest absolute Gasteiger partial charge is 0.342 e. The van der Waals surface area contributed by atoms with E-state index in [2.05, 4.69) is 16.9 Å². The predicted octanol–water partition coefficient (Wildman–Crippen LogP) is 3.29. The average Bonchev–Trinajstić information content (AvgIpc) is 2.52. The second kappa shape index (κ2) is 6.65. The average molecular weight is 315 g/mol. The van der Waals surface area contributed by atoms with Crippen LogP contribution in [0, 0.1) is 12.8 Å². The minimum atomic E-state index is 0.214. The highest BCUT2D eigenvalue weighted by Gasteiger charge is 2.21. The van der Waals surface area contributed by atoms with Gasteiger partial charge >= 0.3 is 0 Å². The van der Waals surface area contributed by atoms with E-state index in [1.807, 2.05) is 36.1 Å². The minimum absolute atomic E-state index is 0.214. The van der Waals surface area contributed by atoms with Crippen molar-refractivity contribution in [3.8, 4) is 0 Å². The Kier molecular flexibility index (Phi) is 4.62. The summed E-state index contributed by atoms with van der Waals surface area (Å²) in [5.41, 5.74) is 2.68. The Balaban J connectivity index is 1.68. The van der Waals surface area contributed by atoms with Gasteiger partial charge in [-0.15, -0.1) is 0 Å². The summed E-state index contributed by atoms with van der Waals surface area (Å²) in [5, 5.41) is 0.858. The van der Waals surface area contributed by atoms with Crippen LogP contribution in [0.3, 0.4) is 0 Å². The smallest absolute Gasteiger partial charge is 0.232 e. The molecular weight excluding hydrogens is 294 g/mol. The minimum Gasteiger partial charge on any atom is -0.342 e. The zero-order chi connectivity index (χ0) is 15.5. The number of nitrogens with zero attached hydrogens (tertiary/aromatic N) is 3. The summed E-state index contributed by atoms with van der Waals surface area (Å²) in [6, 6.07) is 7.84. The number of piperidine rings is 1. The summed E-state index contributed by atoms with van der Waals surface area (Å²) >= 11 is 1.50. The number of fused-ring (bicyclic) bond motifs is 1. The van der Waals surface area contributed by atoms with Crippen LogP contribution in [0.25, 0.3) is 11.0 Å². The Bertz CT molecular complexity index is 689. The number of benzene rings is 1. The molecule has 22 heavy (non-hydrogen) atoms. The van der Waals surface area contributed by atoms with Crippen molar-refractivity contribution in [2.24, 2.45) is 5.92 Å². The van der Waals surface area contributed by atoms with Crippen molar-refractivity contribution in [1.29, 1.82) is 0 Å². The molecule has 5 heteroatoms. The lowest BCUT2D eigenvalue weighted by Gasteiger charge is -2.30. The molecule has 1 fully saturated rings. The van der Waals surface area contributed by atoms with Crippen LogP contribution in [0.4, 0.5) is 0 Å². The molecule has 0 saturated carbocycles. The maximum Gasteiger partial charge on any atom is 0.232 e. The van der Waals surface area contributed by atoms with E-state index < -0.39 is 0 Å². The van der Waals surface area contributed by atoms with Crippen LogP contribution < -0.4 is 0 Å². The molecule has 1 saturated heterocycles. The van der Waals surface area contributed by atoms with E-state index in [1.165, 1.54) is 18.2 Å². The second-order valence-electron chi connectivity index (χ2n) is 5.98. The van der Waals surface area contributed by atoms with Gasteiger partial charge in [0.15, 0.2) is 0 Å². The zero-order valence-electron chi connectivity index (χ0n) is 13.1. The normalized spacial score (nSPS) is 18.6. The highest BCUT2D eigenvalue weighted by Crippen LogP contribution is 2.23. The van der Waals surface area contributed by atoms with Crippen LogP contribution in [-0.2, 0) is 4.79 Å². The topological polar surface area (TPSA) is 46.1 Å². The van der Waals surface area contributed by atoms with E-state index in [0.717, 1.165) is 41.3 Å². The van der Waals surface area contributed by atoms with Crippen LogP contribution in [0.2, 0.25) is 0 Å². The Morgan fingerprint density at radius 2 is 2.05 bits per heavy atom. The number of likely N-dealkylation sites (tertiary alicyclic amines) is 1. The standard InChI is InChI=1S/C17H21N3OS/c1-12-6-5-9-20(10-12)16(21)11-22-17-13(2)18-14-7-3-4-8-15(14)19-17/h3-4,7-8,12H,5-6,9-11H2,1-2H3/t12-/m0/s1. The number of carbonyl (C=O) groups excluding carboxylic acids is 1. The molecule has 1 aliphatic rings. The molecule has 2 aromatic rings. The monoisotopic (exact) mass is 315 g/mol. The van der Waals surface area contributed by atoms with E-state index in [4.69, 9.17) is 0 Å². The Morgan fingerprint density at radius 3 is 2.77 bits per heavy atom. The van der Waals surface area contributed by atoms with Gasteiger partial charge in [-0.05, 0) is 37.8 Å². The molecule has 1 atom stereocenters. The second-order valence-corrected chi connectivity index (χ2v) is 6.94. The first kappa shape index (κ1) is 15.3. The molecule has 3 rings (SSSR count). The molecule has 116 valence electrons. The lowest BCUT2D eigenvalue weighted by Crippen LogP contribution is -2.40. The lowest BCUT2D eigenvalue weighted by atomic mass is 10.0. The van der Waals surface area contributed by atoms with Crippen LogP contribution in [0.15, 0.2) is 29.3 Å². The van der Waals surface area contributed by atoms with Gasteiger partial charge in [0.1, 0.15) is 5.03 Å². The molecule has 4 nitrogen and oxygen atoms in total. The Morgan fingerprint density at radius 1 is 1.32 bits per heavy atom. The molecule has 0 aliphatic carbocycles. The Hall–Kier alpha value is -1.62. The van der Waals surface area contributed by atoms with Crippen molar-refractivity contribution in [1.82, 2.24) is 14.9 Å². The van der Waals surface area contributed by atoms with Gasteiger partial charge in [-0.1, -0.05) is 30.8 Å². The fraction of sp³-hybridized carbons (Fsp3) is 0.471. The van der Waals surface area contributed by atoms with Crippen molar-refractivity contribution in [2.45, 2.75) is 31.7 Å². The Labute approximate surface area is 135 Å². The highest BCUT2D eigenvalue weighted by molar-refractivity contribution is 7.99. The predicted molar refractivity (Wildman–Crippen MR) is 90.0 cm³/mol. The molecule has 0 spiro atoms. The first-order chi connectivity index (χ1) is 10.6. The summed E-state index contributed by atoms with van der Waals surface area (Å²) < 4.78 is 0. The lowest BCUT2D eigenvalue weighted by molar-refractivity contribution is -0.130. The first-order valence-corrected chi connectivity index (χ1v) is 8.76. The number of hydrogen-bond donors (Lipinski definition) is 0. The van der Waals surface area contributed by atoms with Gasteiger partial charge in [-0.2, -0.15) is 0 Å². The van der Waals surface area contributed by atoms with Crippen LogP contribution in [0.5, 0.6) is 0 Å². The van der Waals surface area contributed by atoms with Crippen molar-refractivity contribution in [3.63, 3.8) is 0 Å². The number of carbonyl (C=O) groups is 1. The van der Waals surface area contributed by atoms with Crippen molar-refractivity contribution >= 4 is 28.7 Å². The third-order valence-corrected chi connectivity index (χ3v) is 5.09. The molecule has 2 heterocycles. The maximum atomic E-state index is 12.3. The number of thioether (sulfide) groups is 1. The fourth-order valence-corrected chi connectivity index (χ4v) is 3.71. The molecule has 1 aromatic carbocycles. The molecular formula is C17H21N3OS. The van der Waals surface area contributed by atoms with Crippen LogP contribution in [-0.4, -0.2) is 39.6 Å². The van der Waals surface area contributed by atoms with Crippen LogP contribution >= 0.6 is 11.8 Å². The maximum absolute atomic E-state index is 12.3. The first-order valence-electron chi connectivity index (χ1n) is 7.77. The molecule has 1 aliphatic heterocycles. The number of hydrogen-bond acceptors (Lipinski definition) is 4. The molecule has 0 unspecified atom stereocenters. The van der Waals surface area contributed by atoms with Gasteiger partial charge in [0.2, 0.25) is 5.91 Å². The number of aryl methyl sites for hydroxylation is 1. The molecule has 0 N–H and O–H groups in total. The van der Waals surface area contributed by atoms with E-state index in [-0.39, 0.29) is 5.91 Å². The van der Waals surface area contributed by atoms with Gasteiger partial charge in [0, 0.05) is 13.1 Å². The third-order valence-electron chi connectivity index (χ3n) is 4.04. The van der Waals surface area contributed by atoms with Crippen molar-refractivity contribution in [2.75, 3.05) is 18.8 Å². The quantitative estimate of drug-likeness (QED) is 0.815. The summed E-state index contributed by atoms with van der Waals surface area (Å²) in [5.74, 6) is 1.27. The van der Waals surface area contributed by atoms with E-state index >= 15 is 0 Å². The van der Waals surface area contributed by atoms with Gasteiger partial charge in [0.25, 0.3) is 0 Å². The van der Waals surface area contributed by atoms with Crippen molar-refractivity contribution in [3.05, 3.63) is 30.0 Å². The zero-order valence-corrected chi connectivity index (χ0v) is 13.9. The van der Waals surface area contributed by atoms with E-state index in [0.29, 0.717) is 11.7 Å². The fourth-order valence-electron chi connectivity index (χ4n) is 2.85. The van der Waals surface area contributed by atoms with Gasteiger partial charge < -0.3 is 4.90 Å². The summed E-state index contributed by atoms with van der Waals surface area (Å²) in [7, 11) is 0.